The molecule has 3 heteroatoms. The normalized spacial score (nSPS) is 28.6. The van der Waals surface area contributed by atoms with Crippen LogP contribution in [0.2, 0.25) is 0 Å². The van der Waals surface area contributed by atoms with Gasteiger partial charge in [0, 0.05) is 5.56 Å². The number of aliphatic hydroxyl groups is 2. The van der Waals surface area contributed by atoms with Crippen molar-refractivity contribution in [1.29, 1.82) is 0 Å². The smallest absolute Gasteiger partial charge is 0.177 e. The van der Waals surface area contributed by atoms with Gasteiger partial charge in [0.1, 0.15) is 6.10 Å². The van der Waals surface area contributed by atoms with Gasteiger partial charge in [0.15, 0.2) is 11.4 Å². The average molecular weight is 204 g/mol. The number of fused-ring (bicyclic) bond motifs is 1. The third kappa shape index (κ3) is 1.32. The van der Waals surface area contributed by atoms with Crippen LogP contribution >= 0.6 is 0 Å². The first-order valence-electron chi connectivity index (χ1n) is 4.76. The molecule has 0 spiro atoms. The Balaban J connectivity index is 2.66. The van der Waals surface area contributed by atoms with E-state index in [1.165, 1.54) is 13.0 Å². The molecule has 1 aromatic carbocycles. The Hall–Kier alpha value is -1.45. The van der Waals surface area contributed by atoms with E-state index in [0.717, 1.165) is 5.56 Å². The number of hydrogen-bond acceptors (Lipinski definition) is 3. The van der Waals surface area contributed by atoms with Gasteiger partial charge in [-0.05, 0) is 12.5 Å². The van der Waals surface area contributed by atoms with Crippen molar-refractivity contribution in [1.82, 2.24) is 0 Å². The second-order valence-corrected chi connectivity index (χ2v) is 3.71. The molecule has 78 valence electrons. The van der Waals surface area contributed by atoms with E-state index in [2.05, 4.69) is 0 Å². The predicted octanol–water partition coefficient (Wildman–Crippen LogP) is 0.851. The lowest BCUT2D eigenvalue weighted by atomic mass is 9.78. The van der Waals surface area contributed by atoms with Crippen molar-refractivity contribution in [2.24, 2.45) is 0 Å². The molecule has 2 N–H and O–H groups in total. The van der Waals surface area contributed by atoms with E-state index in [9.17, 15) is 15.0 Å². The number of hydrogen-bond donors (Lipinski definition) is 2. The average Bonchev–Trinajstić information content (AvgIpc) is 2.23. The summed E-state index contributed by atoms with van der Waals surface area (Å²) in [5, 5.41) is 19.9. The molecule has 0 amide bonds. The van der Waals surface area contributed by atoms with Crippen LogP contribution in [0.5, 0.6) is 0 Å². The van der Waals surface area contributed by atoms with Crippen LogP contribution in [0.25, 0.3) is 6.08 Å². The highest BCUT2D eigenvalue weighted by Gasteiger charge is 2.43. The van der Waals surface area contributed by atoms with Crippen LogP contribution in [0.3, 0.4) is 0 Å². The van der Waals surface area contributed by atoms with Crippen LogP contribution in [-0.4, -0.2) is 22.1 Å². The molecule has 15 heavy (non-hydrogen) atoms. The molecule has 0 unspecified atom stereocenters. The van der Waals surface area contributed by atoms with Crippen molar-refractivity contribution >= 4 is 11.9 Å². The van der Waals surface area contributed by atoms with Gasteiger partial charge >= 0.3 is 0 Å². The second kappa shape index (κ2) is 3.29. The summed E-state index contributed by atoms with van der Waals surface area (Å²) >= 11 is 0. The Kier molecular flexibility index (Phi) is 2.21. The Labute approximate surface area is 87.7 Å². The lowest BCUT2D eigenvalue weighted by Gasteiger charge is -2.33. The SMILES string of the molecule is CC(=O)[C@@]1(O)c2ccccc2C=C[C@H]1O. The maximum Gasteiger partial charge on any atom is 0.177 e. The Morgan fingerprint density at radius 1 is 1.40 bits per heavy atom. The van der Waals surface area contributed by atoms with Crippen molar-refractivity contribution in [3.63, 3.8) is 0 Å². The van der Waals surface area contributed by atoms with Crippen molar-refractivity contribution in [3.8, 4) is 0 Å². The van der Waals surface area contributed by atoms with E-state index >= 15 is 0 Å². The number of aliphatic hydroxyl groups excluding tert-OH is 1. The molecule has 0 radical (unpaired) electrons. The molecule has 0 heterocycles. The molecule has 1 aliphatic rings. The molecule has 0 saturated heterocycles. The second-order valence-electron chi connectivity index (χ2n) is 3.71. The molecule has 0 fully saturated rings. The number of carbonyl (C=O) groups excluding carboxylic acids is 1. The van der Waals surface area contributed by atoms with Gasteiger partial charge in [-0.2, -0.15) is 0 Å². The summed E-state index contributed by atoms with van der Waals surface area (Å²) < 4.78 is 0. The topological polar surface area (TPSA) is 57.5 Å². The van der Waals surface area contributed by atoms with Crippen molar-refractivity contribution in [3.05, 3.63) is 41.5 Å². The predicted molar refractivity (Wildman–Crippen MR) is 56.1 cm³/mol. The molecule has 2 rings (SSSR count). The van der Waals surface area contributed by atoms with Crippen LogP contribution in [0.15, 0.2) is 30.3 Å². The number of benzene rings is 1. The fourth-order valence-electron chi connectivity index (χ4n) is 1.88. The van der Waals surface area contributed by atoms with Gasteiger partial charge in [-0.3, -0.25) is 4.79 Å². The minimum absolute atomic E-state index is 0.452. The van der Waals surface area contributed by atoms with Crippen molar-refractivity contribution in [2.75, 3.05) is 0 Å². The highest BCUT2D eigenvalue weighted by molar-refractivity contribution is 5.89. The van der Waals surface area contributed by atoms with Gasteiger partial charge in [0.25, 0.3) is 0 Å². The summed E-state index contributed by atoms with van der Waals surface area (Å²) in [6, 6.07) is 7.01. The van der Waals surface area contributed by atoms with E-state index in [0.29, 0.717) is 5.56 Å². The van der Waals surface area contributed by atoms with Gasteiger partial charge in [-0.25, -0.2) is 0 Å². The van der Waals surface area contributed by atoms with Gasteiger partial charge in [0.2, 0.25) is 0 Å². The molecule has 1 aromatic rings. The van der Waals surface area contributed by atoms with E-state index in [4.69, 9.17) is 0 Å². The third-order valence-corrected chi connectivity index (χ3v) is 2.79. The minimum Gasteiger partial charge on any atom is -0.385 e. The van der Waals surface area contributed by atoms with Crippen LogP contribution in [-0.2, 0) is 10.4 Å². The zero-order valence-electron chi connectivity index (χ0n) is 8.34. The summed E-state index contributed by atoms with van der Waals surface area (Å²) in [5.41, 5.74) is -0.571. The maximum absolute atomic E-state index is 11.4. The van der Waals surface area contributed by atoms with Crippen LogP contribution < -0.4 is 0 Å². The van der Waals surface area contributed by atoms with Gasteiger partial charge in [0.05, 0.1) is 0 Å². The summed E-state index contributed by atoms with van der Waals surface area (Å²) in [5.74, 6) is -0.452. The van der Waals surface area contributed by atoms with E-state index in [1.807, 2.05) is 6.07 Å². The van der Waals surface area contributed by atoms with E-state index < -0.39 is 17.5 Å². The third-order valence-electron chi connectivity index (χ3n) is 2.79. The van der Waals surface area contributed by atoms with Gasteiger partial charge in [-0.1, -0.05) is 36.4 Å². The van der Waals surface area contributed by atoms with Gasteiger partial charge < -0.3 is 10.2 Å². The lowest BCUT2D eigenvalue weighted by Crippen LogP contribution is -2.46. The highest BCUT2D eigenvalue weighted by atomic mass is 16.3. The first-order chi connectivity index (χ1) is 7.06. The molecule has 2 atom stereocenters. The monoisotopic (exact) mass is 204 g/mol. The number of carbonyl (C=O) groups is 1. The zero-order valence-corrected chi connectivity index (χ0v) is 8.34. The summed E-state index contributed by atoms with van der Waals surface area (Å²) in [4.78, 5) is 11.4. The lowest BCUT2D eigenvalue weighted by molar-refractivity contribution is -0.146. The molecule has 0 aliphatic heterocycles. The molecular weight excluding hydrogens is 192 g/mol. The Bertz CT molecular complexity index is 436. The largest absolute Gasteiger partial charge is 0.385 e. The maximum atomic E-state index is 11.4. The van der Waals surface area contributed by atoms with E-state index in [1.54, 1.807) is 24.3 Å². The zero-order chi connectivity index (χ0) is 11.1. The molecular formula is C12H12O3. The van der Waals surface area contributed by atoms with Crippen LogP contribution in [0.4, 0.5) is 0 Å². The Morgan fingerprint density at radius 2 is 2.07 bits per heavy atom. The Morgan fingerprint density at radius 3 is 2.73 bits per heavy atom. The minimum atomic E-state index is -1.80. The molecule has 0 saturated carbocycles. The quantitative estimate of drug-likeness (QED) is 0.713. The summed E-state index contributed by atoms with van der Waals surface area (Å²) in [6.07, 6.45) is 1.96. The number of rotatable bonds is 1. The fraction of sp³-hybridized carbons (Fsp3) is 0.250. The number of ketones is 1. The summed E-state index contributed by atoms with van der Waals surface area (Å²) in [6.45, 7) is 1.28. The van der Waals surface area contributed by atoms with Crippen molar-refractivity contribution in [2.45, 2.75) is 18.6 Å². The molecule has 3 nitrogen and oxygen atoms in total. The molecule has 1 aliphatic carbocycles. The standard InChI is InChI=1S/C12H12O3/c1-8(13)12(15)10-5-3-2-4-9(10)6-7-11(12)14/h2-7,11,14-15H,1H3/t11-,12-/m1/s1. The first kappa shape index (κ1) is 10.1. The molecule has 0 bridgehead atoms. The van der Waals surface area contributed by atoms with Crippen molar-refractivity contribution < 1.29 is 15.0 Å². The molecule has 0 aromatic heterocycles. The van der Waals surface area contributed by atoms with Crippen LogP contribution in [0, 0.1) is 0 Å². The summed E-state index contributed by atoms with van der Waals surface area (Å²) in [7, 11) is 0. The first-order valence-corrected chi connectivity index (χ1v) is 4.76. The van der Waals surface area contributed by atoms with Gasteiger partial charge in [-0.15, -0.1) is 0 Å². The van der Waals surface area contributed by atoms with Crippen LogP contribution in [0.1, 0.15) is 18.1 Å². The highest BCUT2D eigenvalue weighted by Crippen LogP contribution is 2.34. The van der Waals surface area contributed by atoms with E-state index in [-0.39, 0.29) is 0 Å². The fourth-order valence-corrected chi connectivity index (χ4v) is 1.88. The number of Topliss-reactive ketones (excluding diaryl/α,β-unsaturated/α-hetero) is 1.